The summed E-state index contributed by atoms with van der Waals surface area (Å²) in [5, 5.41) is 27.1. The van der Waals surface area contributed by atoms with Gasteiger partial charge in [-0.25, -0.2) is 0 Å². The minimum Gasteiger partial charge on any atom is -0.462 e. The number of methoxy groups -OCH3 is 2. The molecule has 6 heterocycles. The minimum atomic E-state index is -1.81. The van der Waals surface area contributed by atoms with Gasteiger partial charge in [0.2, 0.25) is 0 Å². The summed E-state index contributed by atoms with van der Waals surface area (Å²) in [4.78, 5) is 14.4. The number of esters is 1. The molecule has 7 rings (SSSR count). The second kappa shape index (κ2) is 20.4. The van der Waals surface area contributed by atoms with Crippen molar-refractivity contribution in [3.05, 3.63) is 47.1 Å². The fourth-order valence-electron chi connectivity index (χ4n) is 11.4. The summed E-state index contributed by atoms with van der Waals surface area (Å²) in [7, 11) is 5.31. The Morgan fingerprint density at radius 1 is 0.952 bits per heavy atom. The number of ether oxygens (including phenoxy) is 10. The Balaban J connectivity index is 1.17. The highest BCUT2D eigenvalue weighted by Crippen LogP contribution is 2.48. The zero-order valence-electron chi connectivity index (χ0n) is 39.5. The van der Waals surface area contributed by atoms with Crippen molar-refractivity contribution in [3.8, 4) is 0 Å². The van der Waals surface area contributed by atoms with Crippen molar-refractivity contribution in [3.63, 3.8) is 0 Å². The van der Waals surface area contributed by atoms with Crippen molar-refractivity contribution in [2.45, 2.75) is 204 Å². The standard InChI is InChI=1S/C49H77NO13/c1-12-26(2)44-29(5)18-19-48(63-44)24-35-21-34(62-48)17-16-28(4)43(27(3)14-13-15-33-25-56-46-42(51)30(6)20-36(47(52)59-35)49(33,46)53)60-40-23-38(55-11)45(32(8)58-40)61-39-22-37(54-10)41(50-9)31(7)57-39/h13-16,20,26-27,29,31-32,34-46,50-51,53H,12,17-19,21-25H2,1-11H3/b14-13+,28-16+,33-15+/t26-,27-,29-,31-,32-,34+,35-,36-,37-,38-,39-,40-,41-,42+,43-,44+,45-,46+,48+,49+/m0/s1. The molecule has 7 aliphatic rings. The summed E-state index contributed by atoms with van der Waals surface area (Å²) in [6.45, 7) is 16.6. The zero-order chi connectivity index (χ0) is 45.4. The van der Waals surface area contributed by atoms with Gasteiger partial charge in [0.15, 0.2) is 18.4 Å². The van der Waals surface area contributed by atoms with Crippen LogP contribution in [-0.4, -0.2) is 141 Å². The lowest BCUT2D eigenvalue weighted by Gasteiger charge is -2.51. The molecule has 14 heteroatoms. The van der Waals surface area contributed by atoms with Crippen molar-refractivity contribution < 1.29 is 62.4 Å². The number of aliphatic hydroxyl groups excluding tert-OH is 1. The maximum Gasteiger partial charge on any atom is 0.316 e. The molecule has 0 aromatic carbocycles. The van der Waals surface area contributed by atoms with E-state index in [4.69, 9.17) is 47.4 Å². The Morgan fingerprint density at radius 2 is 1.67 bits per heavy atom. The second-order valence-corrected chi connectivity index (χ2v) is 19.7. The first-order valence-corrected chi connectivity index (χ1v) is 23.7. The van der Waals surface area contributed by atoms with Crippen LogP contribution in [0, 0.1) is 23.7 Å². The SMILES string of the molecule is CC[C@H](C)[C@H]1O[C@]2(CC[C@@H]1C)C[C@@H]1C[C@@H](C/C=C(\C)[C@@H](O[C@H]3C[C@H](OC)[C@@H](O[C@H]4C[C@H](OC)[C@@H](NC)[C@H](C)O4)[C@H](C)O3)[C@@H](C)/C=C/C=C3\CO[C@@H]4[C@H](O)C(C)=C[C@@H](C(=O)O1)[C@]34O)O2. The summed E-state index contributed by atoms with van der Waals surface area (Å²) in [5.41, 5.74) is 0.234. The van der Waals surface area contributed by atoms with Gasteiger partial charge in [0, 0.05) is 52.2 Å². The van der Waals surface area contributed by atoms with E-state index < -0.39 is 66.4 Å². The van der Waals surface area contributed by atoms with E-state index in [9.17, 15) is 15.0 Å². The number of hydrogen-bond acceptors (Lipinski definition) is 14. The Labute approximate surface area is 375 Å². The quantitative estimate of drug-likeness (QED) is 0.187. The molecule has 0 aromatic heterocycles. The molecule has 0 aromatic rings. The lowest BCUT2D eigenvalue weighted by Crippen LogP contribution is -2.58. The van der Waals surface area contributed by atoms with E-state index in [0.717, 1.165) is 18.4 Å². The first kappa shape index (κ1) is 48.9. The van der Waals surface area contributed by atoms with E-state index in [1.54, 1.807) is 33.3 Å². The van der Waals surface area contributed by atoms with Crippen molar-refractivity contribution in [2.75, 3.05) is 27.9 Å². The molecule has 63 heavy (non-hydrogen) atoms. The zero-order valence-corrected chi connectivity index (χ0v) is 39.5. The van der Waals surface area contributed by atoms with Gasteiger partial charge in [-0.15, -0.1) is 0 Å². The fraction of sp³-hybridized carbons (Fsp3) is 0.816. The highest BCUT2D eigenvalue weighted by atomic mass is 16.7. The largest absolute Gasteiger partial charge is 0.462 e. The predicted octanol–water partition coefficient (Wildman–Crippen LogP) is 5.83. The lowest BCUT2D eigenvalue weighted by atomic mass is 9.71. The second-order valence-electron chi connectivity index (χ2n) is 19.7. The van der Waals surface area contributed by atoms with Gasteiger partial charge in [0.25, 0.3) is 0 Å². The third kappa shape index (κ3) is 10.1. The van der Waals surface area contributed by atoms with E-state index in [1.165, 1.54) is 0 Å². The smallest absolute Gasteiger partial charge is 0.316 e. The van der Waals surface area contributed by atoms with Crippen LogP contribution in [0.15, 0.2) is 47.1 Å². The van der Waals surface area contributed by atoms with Crippen molar-refractivity contribution in [1.29, 1.82) is 0 Å². The molecule has 2 bridgehead atoms. The van der Waals surface area contributed by atoms with Crippen LogP contribution in [0.25, 0.3) is 0 Å². The van der Waals surface area contributed by atoms with E-state index in [1.807, 2.05) is 33.0 Å². The molecule has 356 valence electrons. The molecule has 5 fully saturated rings. The fourth-order valence-corrected chi connectivity index (χ4v) is 11.4. The van der Waals surface area contributed by atoms with Gasteiger partial charge in [-0.05, 0) is 76.1 Å². The number of fused-ring (bicyclic) bond motifs is 2. The molecule has 0 unspecified atom stereocenters. The maximum atomic E-state index is 14.4. The average Bonchev–Trinajstić information content (AvgIpc) is 3.60. The number of likely N-dealkylation sites (N-methyl/N-ethyl adjacent to an activating group) is 1. The topological polar surface area (TPSA) is 162 Å². The van der Waals surface area contributed by atoms with Crippen LogP contribution >= 0.6 is 0 Å². The number of aliphatic hydroxyl groups is 2. The maximum absolute atomic E-state index is 14.4. The molecule has 0 saturated carbocycles. The molecule has 6 aliphatic heterocycles. The molecule has 1 aliphatic carbocycles. The van der Waals surface area contributed by atoms with Crippen molar-refractivity contribution in [1.82, 2.24) is 5.32 Å². The normalized spacial score (nSPS) is 48.8. The molecule has 1 spiro atoms. The number of carbonyl (C=O) groups is 1. The van der Waals surface area contributed by atoms with E-state index >= 15 is 0 Å². The van der Waals surface area contributed by atoms with E-state index in [2.05, 4.69) is 46.0 Å². The van der Waals surface area contributed by atoms with Crippen LogP contribution in [-0.2, 0) is 52.2 Å². The number of carbonyl (C=O) groups excluding carboxylic acids is 1. The first-order valence-electron chi connectivity index (χ1n) is 23.7. The van der Waals surface area contributed by atoms with Gasteiger partial charge in [-0.1, -0.05) is 64.5 Å². The van der Waals surface area contributed by atoms with Gasteiger partial charge < -0.3 is 62.9 Å². The van der Waals surface area contributed by atoms with Crippen molar-refractivity contribution >= 4 is 5.97 Å². The molecule has 5 saturated heterocycles. The Hall–Kier alpha value is -2.05. The van der Waals surface area contributed by atoms with Crippen LogP contribution in [0.1, 0.15) is 107 Å². The molecular weight excluding hydrogens is 811 g/mol. The summed E-state index contributed by atoms with van der Waals surface area (Å²) in [6.07, 6.45) is 8.72. The number of rotatable bonds is 9. The monoisotopic (exact) mass is 888 g/mol. The van der Waals surface area contributed by atoms with Gasteiger partial charge in [0.05, 0.1) is 55.4 Å². The van der Waals surface area contributed by atoms with Gasteiger partial charge >= 0.3 is 5.97 Å². The highest BCUT2D eigenvalue weighted by Gasteiger charge is 2.60. The third-order valence-electron chi connectivity index (χ3n) is 15.3. The molecule has 3 N–H and O–H groups in total. The Bertz CT molecular complexity index is 1700. The highest BCUT2D eigenvalue weighted by molar-refractivity contribution is 5.78. The average molecular weight is 888 g/mol. The van der Waals surface area contributed by atoms with Crippen LogP contribution in [0.4, 0.5) is 0 Å². The minimum absolute atomic E-state index is 0.000161. The van der Waals surface area contributed by atoms with Gasteiger partial charge in [0.1, 0.15) is 35.9 Å². The molecule has 0 amide bonds. The Morgan fingerprint density at radius 3 is 2.38 bits per heavy atom. The van der Waals surface area contributed by atoms with Crippen molar-refractivity contribution in [2.24, 2.45) is 23.7 Å². The molecule has 20 atom stereocenters. The van der Waals surface area contributed by atoms with Crippen LogP contribution < -0.4 is 5.32 Å². The lowest BCUT2D eigenvalue weighted by molar-refractivity contribution is -0.340. The summed E-state index contributed by atoms with van der Waals surface area (Å²) in [5.74, 6) is -2.04. The summed E-state index contributed by atoms with van der Waals surface area (Å²) in [6, 6.07) is 0.0472. The predicted molar refractivity (Wildman–Crippen MR) is 234 cm³/mol. The number of allylic oxidation sites excluding steroid dienone is 2. The third-order valence-corrected chi connectivity index (χ3v) is 15.3. The first-order chi connectivity index (χ1) is 30.0. The van der Waals surface area contributed by atoms with E-state index in [-0.39, 0.29) is 55.2 Å². The van der Waals surface area contributed by atoms with Gasteiger partial charge in [-0.2, -0.15) is 0 Å². The van der Waals surface area contributed by atoms with Gasteiger partial charge in [-0.3, -0.25) is 4.79 Å². The summed E-state index contributed by atoms with van der Waals surface area (Å²) >= 11 is 0. The number of nitrogens with one attached hydrogen (secondary N) is 1. The molecular formula is C49H77NO13. The molecule has 14 nitrogen and oxygen atoms in total. The molecule has 0 radical (unpaired) electrons. The van der Waals surface area contributed by atoms with Crippen LogP contribution in [0.5, 0.6) is 0 Å². The number of hydrogen-bond donors (Lipinski definition) is 3. The Kier molecular flexibility index (Phi) is 15.9. The summed E-state index contributed by atoms with van der Waals surface area (Å²) < 4.78 is 64.8. The van der Waals surface area contributed by atoms with E-state index in [0.29, 0.717) is 61.5 Å². The van der Waals surface area contributed by atoms with Crippen LogP contribution in [0.3, 0.4) is 0 Å². The van der Waals surface area contributed by atoms with Crippen LogP contribution in [0.2, 0.25) is 0 Å².